The second-order valence-electron chi connectivity index (χ2n) is 5.88. The number of rotatable bonds is 2. The lowest BCUT2D eigenvalue weighted by atomic mass is 9.94. The minimum absolute atomic E-state index is 0.139. The van der Waals surface area contributed by atoms with E-state index in [1.165, 1.54) is 24.1 Å². The fraction of sp³-hybridized carbons (Fsp3) is 0.600. The van der Waals surface area contributed by atoms with E-state index in [0.717, 1.165) is 50.4 Å². The van der Waals surface area contributed by atoms with Crippen molar-refractivity contribution in [2.45, 2.75) is 25.7 Å². The molecule has 108 valence electrons. The van der Waals surface area contributed by atoms with E-state index in [1.54, 1.807) is 0 Å². The number of pyridine rings is 1. The Kier molecular flexibility index (Phi) is 3.61. The fourth-order valence-corrected chi connectivity index (χ4v) is 3.08. The maximum Gasteiger partial charge on any atom is 0.139 e. The van der Waals surface area contributed by atoms with Crippen molar-refractivity contribution in [2.75, 3.05) is 38.1 Å². The molecule has 3 N–H and O–H groups in total. The molecule has 3 rings (SSSR count). The van der Waals surface area contributed by atoms with Crippen molar-refractivity contribution >= 4 is 11.7 Å². The van der Waals surface area contributed by atoms with Gasteiger partial charge in [0.05, 0.1) is 5.56 Å². The number of amidine groups is 1. The number of nitrogens with one attached hydrogen (secondary N) is 1. The van der Waals surface area contributed by atoms with Crippen LogP contribution in [0.5, 0.6) is 0 Å². The topological polar surface area (TPSA) is 69.2 Å². The number of aromatic nitrogens is 1. The van der Waals surface area contributed by atoms with Crippen molar-refractivity contribution in [2.24, 2.45) is 5.73 Å². The number of nitrogens with two attached hydrogens (primary N) is 1. The van der Waals surface area contributed by atoms with Crippen LogP contribution in [0.15, 0.2) is 6.07 Å². The normalized spacial score (nSPS) is 19.8. The monoisotopic (exact) mass is 273 g/mol. The molecule has 1 aromatic heterocycles. The van der Waals surface area contributed by atoms with Gasteiger partial charge < -0.3 is 15.5 Å². The SMILES string of the molecule is CN1CCN(c2nc3c(cc2C(=N)N)CCCC3)CC1. The van der Waals surface area contributed by atoms with E-state index in [9.17, 15) is 0 Å². The highest BCUT2D eigenvalue weighted by Gasteiger charge is 2.22. The van der Waals surface area contributed by atoms with Crippen molar-refractivity contribution in [3.8, 4) is 0 Å². The summed E-state index contributed by atoms with van der Waals surface area (Å²) in [5, 5.41) is 7.85. The number of fused-ring (bicyclic) bond motifs is 1. The van der Waals surface area contributed by atoms with E-state index in [1.807, 2.05) is 0 Å². The molecule has 0 saturated carbocycles. The fourth-order valence-electron chi connectivity index (χ4n) is 3.08. The van der Waals surface area contributed by atoms with E-state index in [2.05, 4.69) is 22.9 Å². The molecule has 0 amide bonds. The summed E-state index contributed by atoms with van der Waals surface area (Å²) in [4.78, 5) is 9.47. The smallest absolute Gasteiger partial charge is 0.139 e. The van der Waals surface area contributed by atoms with Crippen molar-refractivity contribution in [1.82, 2.24) is 9.88 Å². The number of nitrogens with zero attached hydrogens (tertiary/aromatic N) is 3. The van der Waals surface area contributed by atoms with Gasteiger partial charge in [0.1, 0.15) is 11.7 Å². The molecule has 5 heteroatoms. The van der Waals surface area contributed by atoms with E-state index in [4.69, 9.17) is 16.1 Å². The molecule has 0 atom stereocenters. The first-order valence-corrected chi connectivity index (χ1v) is 7.46. The molecule has 2 heterocycles. The van der Waals surface area contributed by atoms with Gasteiger partial charge in [-0.2, -0.15) is 0 Å². The number of hydrogen-bond acceptors (Lipinski definition) is 4. The van der Waals surface area contributed by atoms with Crippen LogP contribution < -0.4 is 10.6 Å². The molecule has 1 fully saturated rings. The Balaban J connectivity index is 1.97. The number of likely N-dealkylation sites (N-methyl/N-ethyl adjacent to an activating group) is 1. The molecule has 2 aliphatic rings. The Labute approximate surface area is 120 Å². The summed E-state index contributed by atoms with van der Waals surface area (Å²) >= 11 is 0. The quantitative estimate of drug-likeness (QED) is 0.623. The minimum Gasteiger partial charge on any atom is -0.384 e. The van der Waals surface area contributed by atoms with Gasteiger partial charge in [0.15, 0.2) is 0 Å². The highest BCUT2D eigenvalue weighted by Crippen LogP contribution is 2.27. The Morgan fingerprint density at radius 1 is 1.20 bits per heavy atom. The number of aryl methyl sites for hydroxylation is 2. The van der Waals surface area contributed by atoms with E-state index in [-0.39, 0.29) is 5.84 Å². The standard InChI is InChI=1S/C15H23N5/c1-19-6-8-20(9-7-19)15-12(14(16)17)10-11-4-2-3-5-13(11)18-15/h10H,2-9H2,1H3,(H3,16,17). The van der Waals surface area contributed by atoms with Crippen LogP contribution in [-0.4, -0.2) is 48.9 Å². The molecule has 5 nitrogen and oxygen atoms in total. The third-order valence-corrected chi connectivity index (χ3v) is 4.37. The molecule has 1 saturated heterocycles. The van der Waals surface area contributed by atoms with Crippen molar-refractivity contribution in [3.63, 3.8) is 0 Å². The van der Waals surface area contributed by atoms with Gasteiger partial charge in [-0.15, -0.1) is 0 Å². The van der Waals surface area contributed by atoms with Crippen molar-refractivity contribution < 1.29 is 0 Å². The molecule has 20 heavy (non-hydrogen) atoms. The maximum absolute atomic E-state index is 7.85. The van der Waals surface area contributed by atoms with Crippen molar-refractivity contribution in [1.29, 1.82) is 5.41 Å². The van der Waals surface area contributed by atoms with Crippen LogP contribution >= 0.6 is 0 Å². The molecule has 0 unspecified atom stereocenters. The van der Waals surface area contributed by atoms with Crippen molar-refractivity contribution in [3.05, 3.63) is 22.9 Å². The predicted octanol–water partition coefficient (Wildman–Crippen LogP) is 0.996. The molecule has 1 aromatic rings. The molecule has 0 radical (unpaired) electrons. The van der Waals surface area contributed by atoms with Crippen LogP contribution in [0.25, 0.3) is 0 Å². The lowest BCUT2D eigenvalue weighted by molar-refractivity contribution is 0.312. The highest BCUT2D eigenvalue weighted by molar-refractivity contribution is 6.00. The summed E-state index contributed by atoms with van der Waals surface area (Å²) in [7, 11) is 2.14. The molecule has 0 spiro atoms. The summed E-state index contributed by atoms with van der Waals surface area (Å²) in [6.45, 7) is 4.00. The second kappa shape index (κ2) is 5.40. The van der Waals surface area contributed by atoms with Gasteiger partial charge in [0.25, 0.3) is 0 Å². The third kappa shape index (κ3) is 2.50. The van der Waals surface area contributed by atoms with E-state index >= 15 is 0 Å². The van der Waals surface area contributed by atoms with Crippen LogP contribution in [0.4, 0.5) is 5.82 Å². The van der Waals surface area contributed by atoms with Gasteiger partial charge in [0, 0.05) is 31.9 Å². The van der Waals surface area contributed by atoms with Gasteiger partial charge >= 0.3 is 0 Å². The summed E-state index contributed by atoms with van der Waals surface area (Å²) < 4.78 is 0. The summed E-state index contributed by atoms with van der Waals surface area (Å²) in [5.41, 5.74) is 9.11. The summed E-state index contributed by atoms with van der Waals surface area (Å²) in [6, 6.07) is 2.11. The Hall–Kier alpha value is -1.62. The molecule has 0 bridgehead atoms. The lowest BCUT2D eigenvalue weighted by Crippen LogP contribution is -2.45. The number of piperazine rings is 1. The largest absolute Gasteiger partial charge is 0.384 e. The summed E-state index contributed by atoms with van der Waals surface area (Å²) in [5.74, 6) is 1.06. The van der Waals surface area contributed by atoms with E-state index in [0.29, 0.717) is 0 Å². The minimum atomic E-state index is 0.139. The number of nitrogen functional groups attached to an aromatic ring is 1. The zero-order chi connectivity index (χ0) is 14.1. The first-order valence-electron chi connectivity index (χ1n) is 7.46. The first-order chi connectivity index (χ1) is 9.65. The Morgan fingerprint density at radius 2 is 1.90 bits per heavy atom. The highest BCUT2D eigenvalue weighted by atomic mass is 15.3. The number of hydrogen-bond donors (Lipinski definition) is 2. The van der Waals surface area contributed by atoms with Crippen LogP contribution in [0.3, 0.4) is 0 Å². The first kappa shape index (κ1) is 13.4. The lowest BCUT2D eigenvalue weighted by Gasteiger charge is -2.35. The maximum atomic E-state index is 7.85. The molecule has 1 aliphatic heterocycles. The van der Waals surface area contributed by atoms with Gasteiger partial charge in [-0.3, -0.25) is 5.41 Å². The molecular weight excluding hydrogens is 250 g/mol. The van der Waals surface area contributed by atoms with E-state index < -0.39 is 0 Å². The molecule has 1 aliphatic carbocycles. The third-order valence-electron chi connectivity index (χ3n) is 4.37. The van der Waals surface area contributed by atoms with Gasteiger partial charge in [0.2, 0.25) is 0 Å². The Bertz CT molecular complexity index is 517. The van der Waals surface area contributed by atoms with Gasteiger partial charge in [-0.25, -0.2) is 4.98 Å². The van der Waals surface area contributed by atoms with Crippen LogP contribution in [0, 0.1) is 5.41 Å². The van der Waals surface area contributed by atoms with Gasteiger partial charge in [-0.1, -0.05) is 0 Å². The summed E-state index contributed by atoms with van der Waals surface area (Å²) in [6.07, 6.45) is 4.58. The predicted molar refractivity (Wildman–Crippen MR) is 81.6 cm³/mol. The Morgan fingerprint density at radius 3 is 2.60 bits per heavy atom. The number of anilines is 1. The average molecular weight is 273 g/mol. The zero-order valence-electron chi connectivity index (χ0n) is 12.2. The average Bonchev–Trinajstić information content (AvgIpc) is 2.46. The second-order valence-corrected chi connectivity index (χ2v) is 5.88. The van der Waals surface area contributed by atoms with Crippen LogP contribution in [0.1, 0.15) is 29.7 Å². The molecular formula is C15H23N5. The molecule has 0 aromatic carbocycles. The zero-order valence-corrected chi connectivity index (χ0v) is 12.2. The van der Waals surface area contributed by atoms with Crippen LogP contribution in [0.2, 0.25) is 0 Å². The van der Waals surface area contributed by atoms with Gasteiger partial charge in [-0.05, 0) is 44.4 Å². The van der Waals surface area contributed by atoms with Crippen LogP contribution in [-0.2, 0) is 12.8 Å².